The number of hydrogen-bond acceptors (Lipinski definition) is 3. The van der Waals surface area contributed by atoms with Gasteiger partial charge in [0.1, 0.15) is 0 Å². The Morgan fingerprint density at radius 3 is 1.81 bits per heavy atom. The zero-order chi connectivity index (χ0) is 21.7. The van der Waals surface area contributed by atoms with Crippen LogP contribution in [0.1, 0.15) is 0 Å². The molecule has 152 valence electrons. The molecule has 0 amide bonds. The Labute approximate surface area is 185 Å². The third-order valence-corrected chi connectivity index (χ3v) is 6.25. The fourth-order valence-electron chi connectivity index (χ4n) is 4.91. The summed E-state index contributed by atoms with van der Waals surface area (Å²) in [4.78, 5) is 11.2. The molecule has 0 aliphatic heterocycles. The average molecular weight is 413 g/mol. The molecule has 1 aliphatic rings. The molecule has 1 aliphatic carbocycles. The maximum absolute atomic E-state index is 11.2. The highest BCUT2D eigenvalue weighted by molar-refractivity contribution is 6.23. The summed E-state index contributed by atoms with van der Waals surface area (Å²) in [5.41, 5.74) is 16.0. The molecule has 5 aromatic rings. The second-order valence-electron chi connectivity index (χ2n) is 7.92. The predicted octanol–water partition coefficient (Wildman–Crippen LogP) is 6.94. The van der Waals surface area contributed by atoms with Crippen molar-refractivity contribution in [3.05, 3.63) is 97.1 Å². The summed E-state index contributed by atoms with van der Waals surface area (Å²) < 4.78 is 5.28. The summed E-state index contributed by atoms with van der Waals surface area (Å²) in [6.07, 6.45) is 0. The molecule has 0 unspecified atom stereocenters. The smallest absolute Gasteiger partial charge is 0.298 e. The van der Waals surface area contributed by atoms with E-state index in [-0.39, 0.29) is 0 Å². The lowest BCUT2D eigenvalue weighted by atomic mass is 9.88. The standard InChI is InChI=1S/C29H19NO2/c30-29-23-13-7-12-22-26(23)24(16-25(29)32-17-31)28-21(19-10-5-2-6-11-19)15-14-20(27(22)28)18-8-3-1-4-9-18/h1-17H,30H2. The third kappa shape index (κ3) is 2.58. The highest BCUT2D eigenvalue weighted by Crippen LogP contribution is 2.56. The van der Waals surface area contributed by atoms with Gasteiger partial charge in [0.15, 0.2) is 5.75 Å². The van der Waals surface area contributed by atoms with Crippen LogP contribution in [0, 0.1) is 0 Å². The van der Waals surface area contributed by atoms with Crippen molar-refractivity contribution in [1.29, 1.82) is 0 Å². The molecule has 0 atom stereocenters. The van der Waals surface area contributed by atoms with Crippen molar-refractivity contribution in [3.8, 4) is 50.3 Å². The maximum atomic E-state index is 11.2. The minimum Gasteiger partial charge on any atom is -0.426 e. The van der Waals surface area contributed by atoms with Gasteiger partial charge in [0.2, 0.25) is 0 Å². The van der Waals surface area contributed by atoms with Crippen molar-refractivity contribution in [1.82, 2.24) is 0 Å². The van der Waals surface area contributed by atoms with Gasteiger partial charge in [0, 0.05) is 5.39 Å². The van der Waals surface area contributed by atoms with Gasteiger partial charge < -0.3 is 10.5 Å². The number of rotatable bonds is 4. The van der Waals surface area contributed by atoms with Crippen LogP contribution in [-0.2, 0) is 4.79 Å². The summed E-state index contributed by atoms with van der Waals surface area (Å²) in [7, 11) is 0. The summed E-state index contributed by atoms with van der Waals surface area (Å²) in [5.74, 6) is 0.386. The second kappa shape index (κ2) is 7.10. The molecule has 0 aromatic heterocycles. The zero-order valence-electron chi connectivity index (χ0n) is 17.2. The molecule has 0 heterocycles. The Bertz CT molecular complexity index is 1510. The van der Waals surface area contributed by atoms with E-state index in [1.165, 1.54) is 11.1 Å². The van der Waals surface area contributed by atoms with Crippen molar-refractivity contribution in [2.24, 2.45) is 0 Å². The second-order valence-corrected chi connectivity index (χ2v) is 7.92. The van der Waals surface area contributed by atoms with Gasteiger partial charge in [-0.3, -0.25) is 4.79 Å². The van der Waals surface area contributed by atoms with E-state index in [0.717, 1.165) is 44.2 Å². The maximum Gasteiger partial charge on any atom is 0.298 e. The quantitative estimate of drug-likeness (QED) is 0.252. The van der Waals surface area contributed by atoms with E-state index in [2.05, 4.69) is 66.7 Å². The monoisotopic (exact) mass is 413 g/mol. The molecule has 0 saturated heterocycles. The van der Waals surface area contributed by atoms with Crippen molar-refractivity contribution in [2.45, 2.75) is 0 Å². The first-order valence-electron chi connectivity index (χ1n) is 10.5. The summed E-state index contributed by atoms with van der Waals surface area (Å²) in [5, 5.41) is 1.99. The number of anilines is 1. The van der Waals surface area contributed by atoms with Gasteiger partial charge in [-0.15, -0.1) is 0 Å². The average Bonchev–Trinajstić information content (AvgIpc) is 3.18. The number of benzene rings is 5. The Hall–Kier alpha value is -4.37. The Morgan fingerprint density at radius 2 is 1.22 bits per heavy atom. The van der Waals surface area contributed by atoms with E-state index >= 15 is 0 Å². The molecule has 32 heavy (non-hydrogen) atoms. The van der Waals surface area contributed by atoms with Gasteiger partial charge in [-0.05, 0) is 56.0 Å². The highest BCUT2D eigenvalue weighted by atomic mass is 16.5. The van der Waals surface area contributed by atoms with Crippen molar-refractivity contribution >= 4 is 22.9 Å². The number of ether oxygens (including phenoxy) is 1. The highest BCUT2D eigenvalue weighted by Gasteiger charge is 2.29. The van der Waals surface area contributed by atoms with E-state index in [9.17, 15) is 4.79 Å². The number of carbonyl (C=O) groups excluding carboxylic acids is 1. The van der Waals surface area contributed by atoms with Crippen LogP contribution in [0.2, 0.25) is 0 Å². The molecular formula is C29H19NO2. The van der Waals surface area contributed by atoms with Gasteiger partial charge >= 0.3 is 0 Å². The molecule has 0 radical (unpaired) electrons. The number of nitrogen functional groups attached to an aromatic ring is 1. The number of hydrogen-bond donors (Lipinski definition) is 1. The molecule has 0 saturated carbocycles. The van der Waals surface area contributed by atoms with Crippen LogP contribution in [0.5, 0.6) is 5.75 Å². The van der Waals surface area contributed by atoms with Crippen molar-refractivity contribution < 1.29 is 9.53 Å². The van der Waals surface area contributed by atoms with E-state index in [0.29, 0.717) is 17.9 Å². The van der Waals surface area contributed by atoms with Crippen molar-refractivity contribution in [3.63, 3.8) is 0 Å². The molecule has 0 fully saturated rings. The van der Waals surface area contributed by atoms with Crippen LogP contribution in [0.4, 0.5) is 5.69 Å². The normalized spacial score (nSPS) is 11.4. The zero-order valence-corrected chi connectivity index (χ0v) is 17.2. The van der Waals surface area contributed by atoms with Crippen LogP contribution in [-0.4, -0.2) is 6.47 Å². The lowest BCUT2D eigenvalue weighted by molar-refractivity contribution is -0.120. The van der Waals surface area contributed by atoms with Crippen LogP contribution in [0.15, 0.2) is 97.1 Å². The fraction of sp³-hybridized carbons (Fsp3) is 0. The first-order chi connectivity index (χ1) is 15.8. The summed E-state index contributed by atoms with van der Waals surface area (Å²) >= 11 is 0. The molecule has 3 heteroatoms. The lowest BCUT2D eigenvalue weighted by Crippen LogP contribution is -1.97. The minimum atomic E-state index is 0.386. The molecule has 5 aromatic carbocycles. The number of nitrogens with two attached hydrogens (primary N) is 1. The fourth-order valence-corrected chi connectivity index (χ4v) is 4.91. The van der Waals surface area contributed by atoms with Crippen LogP contribution < -0.4 is 10.5 Å². The Kier molecular flexibility index (Phi) is 4.08. The van der Waals surface area contributed by atoms with Gasteiger partial charge in [0.05, 0.1) is 5.69 Å². The minimum absolute atomic E-state index is 0.386. The van der Waals surface area contributed by atoms with Gasteiger partial charge in [-0.1, -0.05) is 91.0 Å². The van der Waals surface area contributed by atoms with E-state index in [1.54, 1.807) is 0 Å². The van der Waals surface area contributed by atoms with E-state index in [4.69, 9.17) is 10.5 Å². The lowest BCUT2D eigenvalue weighted by Gasteiger charge is -2.16. The number of fused-ring (bicyclic) bond motifs is 3. The summed E-state index contributed by atoms with van der Waals surface area (Å²) in [6.45, 7) is 0.433. The largest absolute Gasteiger partial charge is 0.426 e. The molecule has 2 N–H and O–H groups in total. The third-order valence-electron chi connectivity index (χ3n) is 6.25. The number of carbonyl (C=O) groups is 1. The van der Waals surface area contributed by atoms with Gasteiger partial charge in [-0.25, -0.2) is 0 Å². The Balaban J connectivity index is 1.78. The van der Waals surface area contributed by atoms with Crippen LogP contribution in [0.25, 0.3) is 55.3 Å². The van der Waals surface area contributed by atoms with Gasteiger partial charge in [-0.2, -0.15) is 0 Å². The first kappa shape index (κ1) is 18.4. The molecule has 0 bridgehead atoms. The van der Waals surface area contributed by atoms with Crippen molar-refractivity contribution in [2.75, 3.05) is 5.73 Å². The van der Waals surface area contributed by atoms with Crippen LogP contribution in [0.3, 0.4) is 0 Å². The summed E-state index contributed by atoms with van der Waals surface area (Å²) in [6, 6.07) is 33.2. The molecule has 0 spiro atoms. The first-order valence-corrected chi connectivity index (χ1v) is 10.5. The van der Waals surface area contributed by atoms with Crippen LogP contribution >= 0.6 is 0 Å². The predicted molar refractivity (Wildman–Crippen MR) is 130 cm³/mol. The SMILES string of the molecule is Nc1c(OC=O)cc2c3c(cccc13)-c1c(-c3ccccc3)ccc(-c3ccccc3)c1-2. The molecular weight excluding hydrogens is 394 g/mol. The van der Waals surface area contributed by atoms with Gasteiger partial charge in [0.25, 0.3) is 6.47 Å². The molecule has 3 nitrogen and oxygen atoms in total. The molecule has 6 rings (SSSR count). The topological polar surface area (TPSA) is 52.3 Å². The Morgan fingerprint density at radius 1 is 0.625 bits per heavy atom. The van der Waals surface area contributed by atoms with E-state index < -0.39 is 0 Å². The van der Waals surface area contributed by atoms with E-state index in [1.807, 2.05) is 30.3 Å².